The highest BCUT2D eigenvalue weighted by Gasteiger charge is 2.44. The van der Waals surface area contributed by atoms with E-state index in [1.807, 2.05) is 0 Å². The minimum absolute atomic E-state index is 0.286. The van der Waals surface area contributed by atoms with E-state index in [4.69, 9.17) is 5.73 Å². The zero-order chi connectivity index (χ0) is 13.2. The summed E-state index contributed by atoms with van der Waals surface area (Å²) in [6.07, 6.45) is 11.1. The van der Waals surface area contributed by atoms with Gasteiger partial charge >= 0.3 is 0 Å². The standard InChI is InChI=1S/C16H32N2/c1-13-8-4-5-10-15(13)18(3)16(12-17)11-7-6-9-14(16)2/h13-15H,4-12,17H2,1-3H3. The first kappa shape index (κ1) is 14.3. The predicted octanol–water partition coefficient (Wildman–Crippen LogP) is 3.40. The van der Waals surface area contributed by atoms with Crippen molar-refractivity contribution in [3.05, 3.63) is 0 Å². The van der Waals surface area contributed by atoms with E-state index in [0.29, 0.717) is 0 Å². The molecule has 0 spiro atoms. The van der Waals surface area contributed by atoms with Gasteiger partial charge in [-0.3, -0.25) is 4.90 Å². The quantitative estimate of drug-likeness (QED) is 0.834. The van der Waals surface area contributed by atoms with Gasteiger partial charge < -0.3 is 5.73 Å². The summed E-state index contributed by atoms with van der Waals surface area (Å²) >= 11 is 0. The molecule has 18 heavy (non-hydrogen) atoms. The summed E-state index contributed by atoms with van der Waals surface area (Å²) in [4.78, 5) is 2.71. The Balaban J connectivity index is 2.14. The highest BCUT2D eigenvalue weighted by molar-refractivity contribution is 5.00. The minimum atomic E-state index is 0.286. The lowest BCUT2D eigenvalue weighted by Gasteiger charge is -2.53. The van der Waals surface area contributed by atoms with Crippen molar-refractivity contribution in [3.63, 3.8) is 0 Å². The summed E-state index contributed by atoms with van der Waals surface area (Å²) in [5, 5.41) is 0. The molecular formula is C16H32N2. The molecule has 0 aromatic rings. The van der Waals surface area contributed by atoms with Gasteiger partial charge in [-0.1, -0.05) is 39.5 Å². The molecule has 4 atom stereocenters. The first-order valence-corrected chi connectivity index (χ1v) is 8.05. The zero-order valence-corrected chi connectivity index (χ0v) is 12.6. The van der Waals surface area contributed by atoms with Crippen LogP contribution in [0.15, 0.2) is 0 Å². The van der Waals surface area contributed by atoms with Crippen molar-refractivity contribution in [3.8, 4) is 0 Å². The fraction of sp³-hybridized carbons (Fsp3) is 1.00. The molecule has 4 unspecified atom stereocenters. The maximum absolute atomic E-state index is 6.24. The van der Waals surface area contributed by atoms with Crippen molar-refractivity contribution in [2.45, 2.75) is 76.8 Å². The molecule has 0 aromatic carbocycles. The lowest BCUT2D eigenvalue weighted by Crippen LogP contribution is -2.62. The summed E-state index contributed by atoms with van der Waals surface area (Å²) in [6, 6.07) is 0.767. The van der Waals surface area contributed by atoms with E-state index in [-0.39, 0.29) is 5.54 Å². The van der Waals surface area contributed by atoms with E-state index in [1.54, 1.807) is 0 Å². The van der Waals surface area contributed by atoms with Gasteiger partial charge in [0.15, 0.2) is 0 Å². The van der Waals surface area contributed by atoms with E-state index >= 15 is 0 Å². The Kier molecular flexibility index (Phi) is 4.71. The summed E-state index contributed by atoms with van der Waals surface area (Å²) in [7, 11) is 2.36. The van der Waals surface area contributed by atoms with Crippen molar-refractivity contribution < 1.29 is 0 Å². The zero-order valence-electron chi connectivity index (χ0n) is 12.6. The smallest absolute Gasteiger partial charge is 0.0357 e. The molecule has 0 bridgehead atoms. The molecular weight excluding hydrogens is 220 g/mol. The van der Waals surface area contributed by atoms with Crippen molar-refractivity contribution in [2.24, 2.45) is 17.6 Å². The Hall–Kier alpha value is -0.0800. The minimum Gasteiger partial charge on any atom is -0.329 e. The fourth-order valence-corrected chi connectivity index (χ4v) is 4.57. The topological polar surface area (TPSA) is 29.3 Å². The Morgan fingerprint density at radius 2 is 1.72 bits per heavy atom. The molecule has 2 nitrogen and oxygen atoms in total. The first-order valence-electron chi connectivity index (χ1n) is 8.05. The second-order valence-corrected chi connectivity index (χ2v) is 6.89. The number of rotatable bonds is 3. The Bertz CT molecular complexity index is 266. The second kappa shape index (κ2) is 5.92. The molecule has 2 saturated carbocycles. The molecule has 0 radical (unpaired) electrons. The van der Waals surface area contributed by atoms with Crippen molar-refractivity contribution in [1.82, 2.24) is 4.90 Å². The van der Waals surface area contributed by atoms with Crippen LogP contribution in [0, 0.1) is 11.8 Å². The predicted molar refractivity (Wildman–Crippen MR) is 78.6 cm³/mol. The van der Waals surface area contributed by atoms with Crippen LogP contribution in [0.4, 0.5) is 0 Å². The molecule has 106 valence electrons. The fourth-order valence-electron chi connectivity index (χ4n) is 4.57. The average molecular weight is 252 g/mol. The molecule has 2 aliphatic carbocycles. The summed E-state index contributed by atoms with van der Waals surface area (Å²) < 4.78 is 0. The van der Waals surface area contributed by atoms with E-state index in [0.717, 1.165) is 24.4 Å². The number of nitrogens with two attached hydrogens (primary N) is 1. The van der Waals surface area contributed by atoms with Gasteiger partial charge in [-0.2, -0.15) is 0 Å². The molecule has 0 amide bonds. The molecule has 2 N–H and O–H groups in total. The van der Waals surface area contributed by atoms with Crippen LogP contribution in [0.25, 0.3) is 0 Å². The van der Waals surface area contributed by atoms with Crippen LogP contribution in [0.2, 0.25) is 0 Å². The Labute approximate surface area is 113 Å². The van der Waals surface area contributed by atoms with Crippen molar-refractivity contribution >= 4 is 0 Å². The van der Waals surface area contributed by atoms with E-state index in [2.05, 4.69) is 25.8 Å². The van der Waals surface area contributed by atoms with Crippen LogP contribution >= 0.6 is 0 Å². The van der Waals surface area contributed by atoms with Crippen molar-refractivity contribution in [1.29, 1.82) is 0 Å². The highest BCUT2D eigenvalue weighted by atomic mass is 15.2. The van der Waals surface area contributed by atoms with E-state index < -0.39 is 0 Å². The Morgan fingerprint density at radius 3 is 2.33 bits per heavy atom. The molecule has 0 heterocycles. The second-order valence-electron chi connectivity index (χ2n) is 6.89. The molecule has 2 aliphatic rings. The van der Waals surface area contributed by atoms with Crippen LogP contribution in [0.5, 0.6) is 0 Å². The number of hydrogen-bond acceptors (Lipinski definition) is 2. The normalized spacial score (nSPS) is 42.2. The third kappa shape index (κ3) is 2.46. The van der Waals surface area contributed by atoms with Crippen LogP contribution in [0.1, 0.15) is 65.2 Å². The molecule has 2 fully saturated rings. The summed E-state index contributed by atoms with van der Waals surface area (Å²) in [5.74, 6) is 1.61. The van der Waals surface area contributed by atoms with Gasteiger partial charge in [0.1, 0.15) is 0 Å². The van der Waals surface area contributed by atoms with Crippen molar-refractivity contribution in [2.75, 3.05) is 13.6 Å². The third-order valence-corrected chi connectivity index (χ3v) is 6.03. The summed E-state index contributed by atoms with van der Waals surface area (Å²) in [5.41, 5.74) is 6.53. The van der Waals surface area contributed by atoms with Gasteiger partial charge in [-0.25, -0.2) is 0 Å². The molecule has 0 saturated heterocycles. The molecule has 2 heteroatoms. The number of nitrogens with zero attached hydrogens (tertiary/aromatic N) is 1. The largest absolute Gasteiger partial charge is 0.329 e. The number of likely N-dealkylation sites (N-methyl/N-ethyl adjacent to an activating group) is 1. The van der Waals surface area contributed by atoms with Crippen LogP contribution in [-0.2, 0) is 0 Å². The molecule has 0 aromatic heterocycles. The SMILES string of the molecule is CC1CCCCC1N(C)C1(CN)CCCCC1C. The maximum Gasteiger partial charge on any atom is 0.0357 e. The maximum atomic E-state index is 6.24. The molecule has 2 rings (SSSR count). The van der Waals surface area contributed by atoms with Crippen LogP contribution in [-0.4, -0.2) is 30.1 Å². The van der Waals surface area contributed by atoms with Gasteiger partial charge in [-0.05, 0) is 44.6 Å². The van der Waals surface area contributed by atoms with Crippen LogP contribution in [0.3, 0.4) is 0 Å². The third-order valence-electron chi connectivity index (χ3n) is 6.03. The van der Waals surface area contributed by atoms with Gasteiger partial charge in [0, 0.05) is 18.1 Å². The lowest BCUT2D eigenvalue weighted by molar-refractivity contribution is -0.0247. The monoisotopic (exact) mass is 252 g/mol. The average Bonchev–Trinajstić information content (AvgIpc) is 2.39. The van der Waals surface area contributed by atoms with E-state index in [1.165, 1.54) is 51.4 Å². The molecule has 0 aliphatic heterocycles. The van der Waals surface area contributed by atoms with Gasteiger partial charge in [-0.15, -0.1) is 0 Å². The lowest BCUT2D eigenvalue weighted by atomic mass is 9.70. The van der Waals surface area contributed by atoms with Crippen LogP contribution < -0.4 is 5.73 Å². The van der Waals surface area contributed by atoms with E-state index in [9.17, 15) is 0 Å². The summed E-state index contributed by atoms with van der Waals surface area (Å²) in [6.45, 7) is 5.71. The first-order chi connectivity index (χ1) is 8.62. The van der Waals surface area contributed by atoms with Gasteiger partial charge in [0.05, 0.1) is 0 Å². The van der Waals surface area contributed by atoms with Gasteiger partial charge in [0.25, 0.3) is 0 Å². The number of hydrogen-bond donors (Lipinski definition) is 1. The van der Waals surface area contributed by atoms with Gasteiger partial charge in [0.2, 0.25) is 0 Å². The highest BCUT2D eigenvalue weighted by Crippen LogP contribution is 2.41. The Morgan fingerprint density at radius 1 is 1.06 bits per heavy atom.